The van der Waals surface area contributed by atoms with Gasteiger partial charge in [-0.2, -0.15) is 0 Å². The quantitative estimate of drug-likeness (QED) is 0.679. The van der Waals surface area contributed by atoms with Crippen LogP contribution < -0.4 is 16.1 Å². The van der Waals surface area contributed by atoms with E-state index in [-0.39, 0.29) is 5.56 Å². The number of carbonyl (C=O) groups excluding carboxylic acids is 1. The molecule has 0 radical (unpaired) electrons. The number of rotatable bonds is 4. The minimum atomic E-state index is -0.551. The van der Waals surface area contributed by atoms with Gasteiger partial charge in [0.25, 0.3) is 5.56 Å². The lowest BCUT2D eigenvalue weighted by Gasteiger charge is -2.24. The highest BCUT2D eigenvalue weighted by atomic mass is 16.2. The molecular weight excluding hydrogens is 222 g/mol. The van der Waals surface area contributed by atoms with Crippen LogP contribution in [-0.4, -0.2) is 28.5 Å². The highest BCUT2D eigenvalue weighted by Gasteiger charge is 2.18. The Bertz CT molecular complexity index is 538. The summed E-state index contributed by atoms with van der Waals surface area (Å²) in [6.45, 7) is 5.05. The molecule has 0 fully saturated rings. The van der Waals surface area contributed by atoms with Crippen molar-refractivity contribution in [1.82, 2.24) is 9.13 Å². The van der Waals surface area contributed by atoms with Crippen LogP contribution in [0.3, 0.4) is 0 Å². The molecule has 0 unspecified atom stereocenters. The molecule has 1 aromatic rings. The molecule has 0 bridgehead atoms. The highest BCUT2D eigenvalue weighted by Crippen LogP contribution is 2.12. The molecule has 0 aliphatic rings. The first-order chi connectivity index (χ1) is 7.99. The fraction of sp³-hybridized carbons (Fsp3) is 0.545. The molecule has 1 heterocycles. The van der Waals surface area contributed by atoms with Crippen LogP contribution in [0.15, 0.2) is 9.59 Å². The Morgan fingerprint density at radius 3 is 2.06 bits per heavy atom. The van der Waals surface area contributed by atoms with Crippen LogP contribution in [0.4, 0.5) is 5.82 Å². The average Bonchev–Trinajstić information content (AvgIpc) is 2.34. The Kier molecular flexibility index (Phi) is 3.88. The van der Waals surface area contributed by atoms with E-state index in [0.717, 1.165) is 4.57 Å². The van der Waals surface area contributed by atoms with Gasteiger partial charge < -0.3 is 4.90 Å². The molecule has 0 saturated carbocycles. The Morgan fingerprint density at radius 2 is 1.65 bits per heavy atom. The Balaban J connectivity index is 3.75. The summed E-state index contributed by atoms with van der Waals surface area (Å²) >= 11 is 0. The highest BCUT2D eigenvalue weighted by molar-refractivity contribution is 5.82. The van der Waals surface area contributed by atoms with Gasteiger partial charge in [0.2, 0.25) is 0 Å². The zero-order chi connectivity index (χ0) is 13.2. The molecule has 6 heteroatoms. The molecule has 6 nitrogen and oxygen atoms in total. The number of anilines is 1. The van der Waals surface area contributed by atoms with Gasteiger partial charge in [0, 0.05) is 27.2 Å². The number of aromatic nitrogens is 2. The largest absolute Gasteiger partial charge is 0.358 e. The number of aldehydes is 1. The molecule has 1 aromatic heterocycles. The minimum Gasteiger partial charge on any atom is -0.358 e. The summed E-state index contributed by atoms with van der Waals surface area (Å²) in [4.78, 5) is 36.5. The third-order valence-corrected chi connectivity index (χ3v) is 2.85. The topological polar surface area (TPSA) is 64.3 Å². The van der Waals surface area contributed by atoms with Gasteiger partial charge in [-0.1, -0.05) is 0 Å². The van der Waals surface area contributed by atoms with Gasteiger partial charge in [0.05, 0.1) is 0 Å². The van der Waals surface area contributed by atoms with E-state index >= 15 is 0 Å². The molecule has 94 valence electrons. The fourth-order valence-electron chi connectivity index (χ4n) is 1.87. The van der Waals surface area contributed by atoms with Crippen LogP contribution >= 0.6 is 0 Å². The normalized spacial score (nSPS) is 10.4. The van der Waals surface area contributed by atoms with Crippen molar-refractivity contribution in [2.45, 2.75) is 13.8 Å². The van der Waals surface area contributed by atoms with Gasteiger partial charge in [-0.3, -0.25) is 18.7 Å². The third-order valence-electron chi connectivity index (χ3n) is 2.85. The Hall–Kier alpha value is -1.85. The second-order valence-electron chi connectivity index (χ2n) is 3.73. The summed E-state index contributed by atoms with van der Waals surface area (Å²) < 4.78 is 2.27. The second-order valence-corrected chi connectivity index (χ2v) is 3.73. The molecule has 0 saturated heterocycles. The summed E-state index contributed by atoms with van der Waals surface area (Å²) in [7, 11) is 2.92. The monoisotopic (exact) mass is 239 g/mol. The molecule has 0 aliphatic carbocycles. The van der Waals surface area contributed by atoms with Crippen molar-refractivity contribution in [3.05, 3.63) is 26.4 Å². The first-order valence-corrected chi connectivity index (χ1v) is 5.49. The predicted molar refractivity (Wildman–Crippen MR) is 65.9 cm³/mol. The third kappa shape index (κ3) is 2.02. The SMILES string of the molecule is CCN(CC)c1c(C=O)c(=O)n(C)c(=O)n1C. The van der Waals surface area contributed by atoms with Crippen LogP contribution in [0.5, 0.6) is 0 Å². The summed E-state index contributed by atoms with van der Waals surface area (Å²) in [5, 5.41) is 0. The summed E-state index contributed by atoms with van der Waals surface area (Å²) in [6.07, 6.45) is 0.509. The molecule has 0 aliphatic heterocycles. The smallest absolute Gasteiger partial charge is 0.332 e. The average molecular weight is 239 g/mol. The minimum absolute atomic E-state index is 0.0262. The number of nitrogens with zero attached hydrogens (tertiary/aromatic N) is 3. The maximum absolute atomic E-state index is 11.8. The van der Waals surface area contributed by atoms with E-state index in [1.165, 1.54) is 11.6 Å². The Morgan fingerprint density at radius 1 is 1.12 bits per heavy atom. The van der Waals surface area contributed by atoms with E-state index in [1.807, 2.05) is 18.7 Å². The zero-order valence-corrected chi connectivity index (χ0v) is 10.6. The van der Waals surface area contributed by atoms with Crippen molar-refractivity contribution >= 4 is 12.1 Å². The molecule has 0 spiro atoms. The summed E-state index contributed by atoms with van der Waals surface area (Å²) in [6, 6.07) is 0. The standard InChI is InChI=1S/C11H17N3O3/c1-5-14(6-2)9-8(7-15)10(16)13(4)11(17)12(9)3/h7H,5-6H2,1-4H3. The van der Waals surface area contributed by atoms with Gasteiger partial charge in [0.15, 0.2) is 6.29 Å². The summed E-state index contributed by atoms with van der Waals surface area (Å²) in [5.41, 5.74) is -0.953. The fourth-order valence-corrected chi connectivity index (χ4v) is 1.87. The van der Waals surface area contributed by atoms with Crippen molar-refractivity contribution < 1.29 is 4.79 Å². The van der Waals surface area contributed by atoms with E-state index in [4.69, 9.17) is 0 Å². The lowest BCUT2D eigenvalue weighted by molar-refractivity contribution is 0.112. The molecule has 17 heavy (non-hydrogen) atoms. The van der Waals surface area contributed by atoms with E-state index < -0.39 is 11.2 Å². The van der Waals surface area contributed by atoms with Gasteiger partial charge in [-0.25, -0.2) is 4.79 Å². The van der Waals surface area contributed by atoms with E-state index in [0.29, 0.717) is 25.2 Å². The van der Waals surface area contributed by atoms with Crippen LogP contribution in [0, 0.1) is 0 Å². The van der Waals surface area contributed by atoms with E-state index in [1.54, 1.807) is 7.05 Å². The van der Waals surface area contributed by atoms with Crippen molar-refractivity contribution in [2.24, 2.45) is 14.1 Å². The molecule has 1 rings (SSSR count). The zero-order valence-electron chi connectivity index (χ0n) is 10.6. The molecule has 0 amide bonds. The van der Waals surface area contributed by atoms with E-state index in [2.05, 4.69) is 0 Å². The van der Waals surface area contributed by atoms with Gasteiger partial charge >= 0.3 is 5.69 Å². The lowest BCUT2D eigenvalue weighted by atomic mass is 10.3. The van der Waals surface area contributed by atoms with Gasteiger partial charge in [-0.05, 0) is 13.8 Å². The van der Waals surface area contributed by atoms with Crippen molar-refractivity contribution in [2.75, 3.05) is 18.0 Å². The van der Waals surface area contributed by atoms with Crippen molar-refractivity contribution in [3.8, 4) is 0 Å². The molecule has 0 N–H and O–H groups in total. The van der Waals surface area contributed by atoms with Crippen LogP contribution in [0.2, 0.25) is 0 Å². The molecule has 0 aromatic carbocycles. The van der Waals surface area contributed by atoms with Crippen LogP contribution in [0.1, 0.15) is 24.2 Å². The second kappa shape index (κ2) is 4.99. The maximum Gasteiger partial charge on any atom is 0.332 e. The van der Waals surface area contributed by atoms with Gasteiger partial charge in [0.1, 0.15) is 11.4 Å². The first-order valence-electron chi connectivity index (χ1n) is 5.49. The number of hydrogen-bond donors (Lipinski definition) is 0. The molecular formula is C11H17N3O3. The number of hydrogen-bond acceptors (Lipinski definition) is 4. The van der Waals surface area contributed by atoms with Crippen molar-refractivity contribution in [1.29, 1.82) is 0 Å². The first kappa shape index (κ1) is 13.2. The summed E-state index contributed by atoms with van der Waals surface area (Å²) in [5.74, 6) is 0.387. The van der Waals surface area contributed by atoms with Crippen LogP contribution in [-0.2, 0) is 14.1 Å². The van der Waals surface area contributed by atoms with Crippen LogP contribution in [0.25, 0.3) is 0 Å². The number of carbonyl (C=O) groups is 1. The Labute approximate surface area is 99.1 Å². The van der Waals surface area contributed by atoms with E-state index in [9.17, 15) is 14.4 Å². The molecule has 0 atom stereocenters. The predicted octanol–water partition coefficient (Wildman–Crippen LogP) is -0.257. The maximum atomic E-state index is 11.8. The lowest BCUT2D eigenvalue weighted by Crippen LogP contribution is -2.43. The van der Waals surface area contributed by atoms with Crippen molar-refractivity contribution in [3.63, 3.8) is 0 Å². The van der Waals surface area contributed by atoms with Gasteiger partial charge in [-0.15, -0.1) is 0 Å².